The van der Waals surface area contributed by atoms with Gasteiger partial charge in [-0.25, -0.2) is 9.59 Å². The van der Waals surface area contributed by atoms with Gasteiger partial charge in [0.05, 0.1) is 0 Å². The first-order chi connectivity index (χ1) is 16.2. The first kappa shape index (κ1) is 25.3. The molecule has 1 aliphatic carbocycles. The minimum Gasteiger partial charge on any atom is -0.480 e. The lowest BCUT2D eigenvalue weighted by molar-refractivity contribution is -0.143. The molecule has 0 bridgehead atoms. The van der Waals surface area contributed by atoms with Gasteiger partial charge in [-0.2, -0.15) is 0 Å². The van der Waals surface area contributed by atoms with Gasteiger partial charge in [0.15, 0.2) is 0 Å². The normalized spacial score (nSPS) is 15.1. The Kier molecular flexibility index (Phi) is 8.31. The zero-order valence-electron chi connectivity index (χ0n) is 20.2. The first-order valence-electron chi connectivity index (χ1n) is 11.9. The second kappa shape index (κ2) is 11.2. The second-order valence-corrected chi connectivity index (χ2v) is 9.29. The van der Waals surface area contributed by atoms with Gasteiger partial charge in [0.25, 0.3) is 0 Å². The van der Waals surface area contributed by atoms with E-state index in [1.165, 1.54) is 0 Å². The van der Waals surface area contributed by atoms with Crippen molar-refractivity contribution in [2.75, 3.05) is 6.61 Å². The molecule has 2 aromatic carbocycles. The van der Waals surface area contributed by atoms with Crippen LogP contribution in [-0.4, -0.2) is 41.8 Å². The Hall–Kier alpha value is -3.35. The van der Waals surface area contributed by atoms with E-state index in [1.807, 2.05) is 45.0 Å². The van der Waals surface area contributed by atoms with Gasteiger partial charge in [-0.3, -0.25) is 4.79 Å². The molecule has 34 heavy (non-hydrogen) atoms. The number of carbonyl (C=O) groups excluding carboxylic acids is 2. The van der Waals surface area contributed by atoms with Crippen LogP contribution < -0.4 is 10.6 Å². The molecule has 0 spiro atoms. The molecule has 0 saturated heterocycles. The highest BCUT2D eigenvalue weighted by atomic mass is 16.5. The van der Waals surface area contributed by atoms with E-state index in [9.17, 15) is 19.5 Å². The van der Waals surface area contributed by atoms with Crippen LogP contribution in [-0.2, 0) is 14.3 Å². The smallest absolute Gasteiger partial charge is 0.407 e. The number of carbonyl (C=O) groups is 3. The minimum atomic E-state index is -1.06. The van der Waals surface area contributed by atoms with Gasteiger partial charge in [-0.1, -0.05) is 82.6 Å². The first-order valence-corrected chi connectivity index (χ1v) is 11.9. The summed E-state index contributed by atoms with van der Waals surface area (Å²) in [5, 5.41) is 14.8. The van der Waals surface area contributed by atoms with Crippen molar-refractivity contribution < 1.29 is 24.2 Å². The van der Waals surface area contributed by atoms with Crippen LogP contribution in [0, 0.1) is 11.8 Å². The Morgan fingerprint density at radius 2 is 1.50 bits per heavy atom. The lowest BCUT2D eigenvalue weighted by atomic mass is 9.97. The number of carboxylic acids is 1. The number of amides is 2. The molecule has 3 rings (SSSR count). The summed E-state index contributed by atoms with van der Waals surface area (Å²) in [5.41, 5.74) is 4.55. The summed E-state index contributed by atoms with van der Waals surface area (Å²) >= 11 is 0. The highest BCUT2D eigenvalue weighted by molar-refractivity contribution is 5.84. The summed E-state index contributed by atoms with van der Waals surface area (Å²) in [6.07, 6.45) is 0.00959. The average molecular weight is 467 g/mol. The zero-order valence-corrected chi connectivity index (χ0v) is 20.2. The molecule has 182 valence electrons. The topological polar surface area (TPSA) is 105 Å². The van der Waals surface area contributed by atoms with Crippen LogP contribution in [0.25, 0.3) is 11.1 Å². The summed E-state index contributed by atoms with van der Waals surface area (Å²) in [5.74, 6) is -1.77. The number of benzene rings is 2. The number of hydrogen-bond acceptors (Lipinski definition) is 4. The standard InChI is InChI=1S/C27H34N2O5/c1-5-17(4)25(26(31)32)29-24(30)14-23(16(2)3)28-27(33)34-15-22-20-12-8-6-10-18(20)19-11-7-9-13-21(19)22/h6-13,16-17,22-23,25H,5,14-15H2,1-4H3,(H,28,33)(H,29,30)(H,31,32)/t17?,23-,25+/m1/s1. The highest BCUT2D eigenvalue weighted by Gasteiger charge is 2.30. The van der Waals surface area contributed by atoms with Gasteiger partial charge in [0.2, 0.25) is 5.91 Å². The van der Waals surface area contributed by atoms with Crippen LogP contribution >= 0.6 is 0 Å². The molecule has 0 radical (unpaired) electrons. The minimum absolute atomic E-state index is 0.0257. The zero-order chi connectivity index (χ0) is 24.8. The van der Waals surface area contributed by atoms with E-state index in [2.05, 4.69) is 34.9 Å². The van der Waals surface area contributed by atoms with E-state index < -0.39 is 30.1 Å². The summed E-state index contributed by atoms with van der Waals surface area (Å²) in [4.78, 5) is 36.7. The van der Waals surface area contributed by atoms with Crippen molar-refractivity contribution in [3.8, 4) is 11.1 Å². The van der Waals surface area contributed by atoms with Crippen molar-refractivity contribution in [3.05, 3.63) is 59.7 Å². The van der Waals surface area contributed by atoms with Crippen LogP contribution in [0.15, 0.2) is 48.5 Å². The summed E-state index contributed by atoms with van der Waals surface area (Å²) in [6.45, 7) is 7.64. The lowest BCUT2D eigenvalue weighted by Crippen LogP contribution is -2.48. The Morgan fingerprint density at radius 3 is 2.00 bits per heavy atom. The van der Waals surface area contributed by atoms with E-state index >= 15 is 0 Å². The molecule has 0 fully saturated rings. The second-order valence-electron chi connectivity index (χ2n) is 9.29. The number of fused-ring (bicyclic) bond motifs is 3. The van der Waals surface area contributed by atoms with Crippen molar-refractivity contribution in [3.63, 3.8) is 0 Å². The van der Waals surface area contributed by atoms with Crippen molar-refractivity contribution in [1.82, 2.24) is 10.6 Å². The van der Waals surface area contributed by atoms with Gasteiger partial charge in [0.1, 0.15) is 12.6 Å². The largest absolute Gasteiger partial charge is 0.480 e. The Bertz CT molecular complexity index is 990. The molecule has 7 heteroatoms. The molecule has 3 atom stereocenters. The van der Waals surface area contributed by atoms with Crippen LogP contribution in [0.3, 0.4) is 0 Å². The monoisotopic (exact) mass is 466 g/mol. The molecule has 2 aromatic rings. The van der Waals surface area contributed by atoms with E-state index in [0.717, 1.165) is 22.3 Å². The van der Waals surface area contributed by atoms with Crippen molar-refractivity contribution in [2.24, 2.45) is 11.8 Å². The number of ether oxygens (including phenoxy) is 1. The lowest BCUT2D eigenvalue weighted by Gasteiger charge is -2.25. The van der Waals surface area contributed by atoms with Gasteiger partial charge in [-0.15, -0.1) is 0 Å². The predicted molar refractivity (Wildman–Crippen MR) is 130 cm³/mol. The number of carboxylic acid groups (broad SMARTS) is 1. The number of nitrogens with one attached hydrogen (secondary N) is 2. The molecule has 0 aromatic heterocycles. The van der Waals surface area contributed by atoms with E-state index in [1.54, 1.807) is 6.92 Å². The van der Waals surface area contributed by atoms with E-state index in [0.29, 0.717) is 6.42 Å². The number of hydrogen-bond donors (Lipinski definition) is 3. The van der Waals surface area contributed by atoms with Gasteiger partial charge in [0, 0.05) is 18.4 Å². The third-order valence-electron chi connectivity index (χ3n) is 6.65. The Labute approximate surface area is 200 Å². The molecule has 3 N–H and O–H groups in total. The molecular formula is C27H34N2O5. The molecule has 2 amide bonds. The van der Waals surface area contributed by atoms with E-state index in [-0.39, 0.29) is 30.8 Å². The van der Waals surface area contributed by atoms with E-state index in [4.69, 9.17) is 4.74 Å². The quantitative estimate of drug-likeness (QED) is 0.476. The van der Waals surface area contributed by atoms with Gasteiger partial charge < -0.3 is 20.5 Å². The molecule has 1 unspecified atom stereocenters. The maximum Gasteiger partial charge on any atom is 0.407 e. The number of rotatable bonds is 10. The van der Waals surface area contributed by atoms with Crippen molar-refractivity contribution >= 4 is 18.0 Å². The third kappa shape index (κ3) is 5.76. The summed E-state index contributed by atoms with van der Waals surface area (Å²) < 4.78 is 5.60. The fourth-order valence-corrected chi connectivity index (χ4v) is 4.36. The number of alkyl carbamates (subject to hydrolysis) is 1. The van der Waals surface area contributed by atoms with Gasteiger partial charge in [-0.05, 0) is 34.1 Å². The molecular weight excluding hydrogens is 432 g/mol. The maximum absolute atomic E-state index is 12.6. The molecule has 1 aliphatic rings. The third-order valence-corrected chi connectivity index (χ3v) is 6.65. The molecule has 0 aliphatic heterocycles. The fourth-order valence-electron chi connectivity index (χ4n) is 4.36. The fraction of sp³-hybridized carbons (Fsp3) is 0.444. The molecule has 7 nitrogen and oxygen atoms in total. The van der Waals surface area contributed by atoms with Crippen LogP contribution in [0.1, 0.15) is 57.6 Å². The predicted octanol–water partition coefficient (Wildman–Crippen LogP) is 4.56. The van der Waals surface area contributed by atoms with Crippen LogP contribution in [0.2, 0.25) is 0 Å². The average Bonchev–Trinajstić information content (AvgIpc) is 3.13. The van der Waals surface area contributed by atoms with Crippen molar-refractivity contribution in [1.29, 1.82) is 0 Å². The summed E-state index contributed by atoms with van der Waals surface area (Å²) in [7, 11) is 0. The van der Waals surface area contributed by atoms with Crippen LogP contribution in [0.5, 0.6) is 0 Å². The Morgan fingerprint density at radius 1 is 0.941 bits per heavy atom. The van der Waals surface area contributed by atoms with Gasteiger partial charge >= 0.3 is 12.1 Å². The maximum atomic E-state index is 12.6. The van der Waals surface area contributed by atoms with Crippen LogP contribution in [0.4, 0.5) is 4.79 Å². The molecule has 0 heterocycles. The SMILES string of the molecule is CCC(C)[C@H](NC(=O)C[C@@H](NC(=O)OCC1c2ccccc2-c2ccccc21)C(C)C)C(=O)O. The number of aliphatic carboxylic acids is 1. The Balaban J connectivity index is 1.60. The summed E-state index contributed by atoms with van der Waals surface area (Å²) in [6, 6.07) is 14.8. The highest BCUT2D eigenvalue weighted by Crippen LogP contribution is 2.44. The molecule has 0 saturated carbocycles. The van der Waals surface area contributed by atoms with Crippen molar-refractivity contribution in [2.45, 2.75) is 58.5 Å².